The number of nitrogens with two attached hydrogens (primary N) is 1. The highest BCUT2D eigenvalue weighted by Gasteiger charge is 2.38. The van der Waals surface area contributed by atoms with Gasteiger partial charge in [0.05, 0.1) is 33.7 Å². The van der Waals surface area contributed by atoms with E-state index in [1.54, 1.807) is 26.0 Å². The van der Waals surface area contributed by atoms with Crippen LogP contribution in [0.5, 0.6) is 0 Å². The number of esters is 1. The van der Waals surface area contributed by atoms with Gasteiger partial charge >= 0.3 is 5.97 Å². The van der Waals surface area contributed by atoms with E-state index in [4.69, 9.17) is 54.4 Å². The summed E-state index contributed by atoms with van der Waals surface area (Å²) in [4.78, 5) is 12.6. The molecule has 0 aliphatic carbocycles. The number of ether oxygens (including phenoxy) is 2. The van der Waals surface area contributed by atoms with Gasteiger partial charge in [-0.05, 0) is 38.1 Å². The maximum absolute atomic E-state index is 12.6. The first-order valence-electron chi connectivity index (χ1n) is 8.48. The van der Waals surface area contributed by atoms with Gasteiger partial charge in [0.1, 0.15) is 28.9 Å². The number of benzene rings is 1. The van der Waals surface area contributed by atoms with Crippen LogP contribution in [0.2, 0.25) is 15.1 Å². The highest BCUT2D eigenvalue weighted by molar-refractivity contribution is 6.41. The Morgan fingerprint density at radius 2 is 1.93 bits per heavy atom. The Labute approximate surface area is 182 Å². The number of furan rings is 1. The van der Waals surface area contributed by atoms with Crippen LogP contribution in [-0.4, -0.2) is 12.6 Å². The number of carbonyl (C=O) groups is 1. The molecule has 0 radical (unpaired) electrons. The van der Waals surface area contributed by atoms with Crippen LogP contribution < -0.4 is 5.73 Å². The van der Waals surface area contributed by atoms with Crippen molar-refractivity contribution in [3.63, 3.8) is 0 Å². The van der Waals surface area contributed by atoms with Crippen molar-refractivity contribution in [3.8, 4) is 17.4 Å². The van der Waals surface area contributed by atoms with Gasteiger partial charge in [-0.3, -0.25) is 0 Å². The molecule has 0 bridgehead atoms. The van der Waals surface area contributed by atoms with Gasteiger partial charge in [-0.15, -0.1) is 0 Å². The average molecular weight is 454 g/mol. The van der Waals surface area contributed by atoms with E-state index in [0.29, 0.717) is 26.4 Å². The summed E-state index contributed by atoms with van der Waals surface area (Å²) in [6.07, 6.45) is 0. The first kappa shape index (κ1) is 21.1. The summed E-state index contributed by atoms with van der Waals surface area (Å²) in [5.41, 5.74) is 6.48. The molecule has 1 aromatic carbocycles. The minimum atomic E-state index is -0.897. The molecule has 2 heterocycles. The third kappa shape index (κ3) is 3.95. The van der Waals surface area contributed by atoms with Crippen LogP contribution in [0, 0.1) is 11.3 Å². The number of hydrogen-bond acceptors (Lipinski definition) is 6. The van der Waals surface area contributed by atoms with Gasteiger partial charge in [-0.2, -0.15) is 5.26 Å². The fraction of sp³-hybridized carbons (Fsp3) is 0.200. The van der Waals surface area contributed by atoms with E-state index in [9.17, 15) is 10.1 Å². The van der Waals surface area contributed by atoms with Crippen molar-refractivity contribution in [3.05, 3.63) is 67.9 Å². The van der Waals surface area contributed by atoms with Crippen molar-refractivity contribution in [2.75, 3.05) is 6.61 Å². The van der Waals surface area contributed by atoms with Gasteiger partial charge in [0.2, 0.25) is 5.88 Å². The second-order valence-corrected chi connectivity index (χ2v) is 7.31. The highest BCUT2D eigenvalue weighted by atomic mass is 35.5. The molecule has 0 saturated carbocycles. The van der Waals surface area contributed by atoms with Crippen molar-refractivity contribution in [2.24, 2.45) is 5.73 Å². The van der Waals surface area contributed by atoms with Crippen LogP contribution in [0.3, 0.4) is 0 Å². The minimum Gasteiger partial charge on any atom is -0.463 e. The zero-order valence-electron chi connectivity index (χ0n) is 15.4. The molecule has 1 aliphatic rings. The number of rotatable bonds is 4. The molecule has 0 saturated heterocycles. The van der Waals surface area contributed by atoms with E-state index in [0.717, 1.165) is 0 Å². The fourth-order valence-corrected chi connectivity index (χ4v) is 4.06. The van der Waals surface area contributed by atoms with Crippen molar-refractivity contribution < 1.29 is 18.7 Å². The Morgan fingerprint density at radius 3 is 2.52 bits per heavy atom. The van der Waals surface area contributed by atoms with Crippen molar-refractivity contribution in [1.29, 1.82) is 5.26 Å². The van der Waals surface area contributed by atoms with Gasteiger partial charge in [-0.1, -0.05) is 34.8 Å². The zero-order valence-corrected chi connectivity index (χ0v) is 17.7. The normalized spacial score (nSPS) is 16.5. The van der Waals surface area contributed by atoms with E-state index in [1.165, 1.54) is 12.1 Å². The molecule has 1 aliphatic heterocycles. The lowest BCUT2D eigenvalue weighted by molar-refractivity contribution is -0.139. The van der Waals surface area contributed by atoms with E-state index >= 15 is 0 Å². The molecule has 1 unspecified atom stereocenters. The average Bonchev–Trinajstić information content (AvgIpc) is 3.09. The molecule has 2 N–H and O–H groups in total. The van der Waals surface area contributed by atoms with E-state index in [1.807, 2.05) is 6.07 Å². The summed E-state index contributed by atoms with van der Waals surface area (Å²) < 4.78 is 16.5. The number of allylic oxidation sites excluding steroid dienone is 2. The van der Waals surface area contributed by atoms with Gasteiger partial charge in [0.15, 0.2) is 0 Å². The monoisotopic (exact) mass is 452 g/mol. The number of hydrogen-bond donors (Lipinski definition) is 1. The van der Waals surface area contributed by atoms with Crippen molar-refractivity contribution in [1.82, 2.24) is 0 Å². The molecule has 2 aromatic rings. The topological polar surface area (TPSA) is 98.5 Å². The van der Waals surface area contributed by atoms with E-state index < -0.39 is 11.9 Å². The van der Waals surface area contributed by atoms with Crippen LogP contribution in [-0.2, 0) is 14.3 Å². The predicted molar refractivity (Wildman–Crippen MR) is 109 cm³/mol. The quantitative estimate of drug-likeness (QED) is 0.609. The highest BCUT2D eigenvalue weighted by Crippen LogP contribution is 2.43. The molecular formula is C20H15Cl3N2O4. The second-order valence-electron chi connectivity index (χ2n) is 6.06. The summed E-state index contributed by atoms with van der Waals surface area (Å²) in [5.74, 6) is -0.779. The summed E-state index contributed by atoms with van der Waals surface area (Å²) in [7, 11) is 0. The zero-order chi connectivity index (χ0) is 21.3. The SMILES string of the molecule is CCOC(=O)C1=C(C)OC(N)=C(C#N)C1c1ccc(-c2c(Cl)cc(Cl)cc2Cl)o1. The molecule has 1 atom stereocenters. The Balaban J connectivity index is 2.14. The molecule has 1 aromatic heterocycles. The Kier molecular flexibility index (Phi) is 6.13. The third-order valence-electron chi connectivity index (χ3n) is 4.27. The largest absolute Gasteiger partial charge is 0.463 e. The summed E-state index contributed by atoms with van der Waals surface area (Å²) >= 11 is 18.5. The molecular weight excluding hydrogens is 439 g/mol. The molecule has 150 valence electrons. The number of halogens is 3. The Hall–Kier alpha value is -2.59. The number of nitriles is 1. The third-order valence-corrected chi connectivity index (χ3v) is 5.08. The predicted octanol–water partition coefficient (Wildman–Crippen LogP) is 5.55. The van der Waals surface area contributed by atoms with Crippen LogP contribution >= 0.6 is 34.8 Å². The lowest BCUT2D eigenvalue weighted by atomic mass is 9.87. The first-order valence-corrected chi connectivity index (χ1v) is 9.62. The van der Waals surface area contributed by atoms with Crippen molar-refractivity contribution in [2.45, 2.75) is 19.8 Å². The van der Waals surface area contributed by atoms with Crippen LogP contribution in [0.15, 0.2) is 51.5 Å². The molecule has 0 fully saturated rings. The number of nitrogens with zero attached hydrogens (tertiary/aromatic N) is 1. The maximum atomic E-state index is 12.6. The van der Waals surface area contributed by atoms with Crippen LogP contribution in [0.1, 0.15) is 25.5 Å². The summed E-state index contributed by atoms with van der Waals surface area (Å²) in [6.45, 7) is 3.40. The number of carbonyl (C=O) groups excluding carboxylic acids is 1. The van der Waals surface area contributed by atoms with Crippen LogP contribution in [0.4, 0.5) is 0 Å². The van der Waals surface area contributed by atoms with Crippen molar-refractivity contribution >= 4 is 40.8 Å². The maximum Gasteiger partial charge on any atom is 0.338 e. The molecule has 0 spiro atoms. The minimum absolute atomic E-state index is 0.0350. The molecule has 9 heteroatoms. The van der Waals surface area contributed by atoms with Gasteiger partial charge in [-0.25, -0.2) is 4.79 Å². The summed E-state index contributed by atoms with van der Waals surface area (Å²) in [6, 6.07) is 8.31. The van der Waals surface area contributed by atoms with E-state index in [-0.39, 0.29) is 35.2 Å². The Bertz CT molecular complexity index is 1070. The van der Waals surface area contributed by atoms with Crippen LogP contribution in [0.25, 0.3) is 11.3 Å². The van der Waals surface area contributed by atoms with Gasteiger partial charge < -0.3 is 19.6 Å². The first-order chi connectivity index (χ1) is 13.8. The standard InChI is InChI=1S/C20H15Cl3N2O4/c1-3-27-20(26)16-9(2)28-19(25)11(8-24)17(16)14-4-5-15(29-14)18-12(22)6-10(21)7-13(18)23/h4-7,17H,3,25H2,1-2H3. The van der Waals surface area contributed by atoms with Gasteiger partial charge in [0, 0.05) is 5.02 Å². The molecule has 3 rings (SSSR count). The smallest absolute Gasteiger partial charge is 0.338 e. The lowest BCUT2D eigenvalue weighted by Gasteiger charge is -2.25. The Morgan fingerprint density at radius 1 is 1.28 bits per heavy atom. The second kappa shape index (κ2) is 8.42. The lowest BCUT2D eigenvalue weighted by Crippen LogP contribution is -2.25. The summed E-state index contributed by atoms with van der Waals surface area (Å²) in [5, 5.41) is 10.6. The molecule has 6 nitrogen and oxygen atoms in total. The van der Waals surface area contributed by atoms with E-state index in [2.05, 4.69) is 0 Å². The molecule has 0 amide bonds. The molecule has 29 heavy (non-hydrogen) atoms. The van der Waals surface area contributed by atoms with Gasteiger partial charge in [0.25, 0.3) is 0 Å². The fourth-order valence-electron chi connectivity index (χ4n) is 3.06.